The zero-order valence-corrected chi connectivity index (χ0v) is 14.7. The monoisotopic (exact) mass is 298 g/mol. The lowest BCUT2D eigenvalue weighted by molar-refractivity contribution is -0.917. The summed E-state index contributed by atoms with van der Waals surface area (Å²) in [6.45, 7) is 5.72. The number of carbonyl (C=O) groups excluding carboxylic acids is 1. The molecule has 124 valence electrons. The molecule has 0 amide bonds. The maximum atomic E-state index is 11.4. The molecule has 1 unspecified atom stereocenters. The van der Waals surface area contributed by atoms with Gasteiger partial charge in [0.25, 0.3) is 0 Å². The normalized spacial score (nSPS) is 13.0. The molecule has 0 spiro atoms. The van der Waals surface area contributed by atoms with Crippen LogP contribution in [0.15, 0.2) is 12.7 Å². The van der Waals surface area contributed by atoms with Crippen LogP contribution in [0, 0.1) is 0 Å². The molecule has 3 heteroatoms. The van der Waals surface area contributed by atoms with Gasteiger partial charge in [-0.1, -0.05) is 64.9 Å². The van der Waals surface area contributed by atoms with Gasteiger partial charge in [-0.2, -0.15) is 0 Å². The van der Waals surface area contributed by atoms with E-state index in [2.05, 4.69) is 34.6 Å². The minimum absolute atomic E-state index is 0.0694. The van der Waals surface area contributed by atoms with Gasteiger partial charge in [0.2, 0.25) is 6.23 Å². The molecule has 0 saturated heterocycles. The quantitative estimate of drug-likeness (QED) is 0.162. The maximum Gasteiger partial charge on any atom is 0.334 e. The van der Waals surface area contributed by atoms with Crippen molar-refractivity contribution in [3.8, 4) is 0 Å². The van der Waals surface area contributed by atoms with E-state index in [1.807, 2.05) is 0 Å². The lowest BCUT2D eigenvalue weighted by Crippen LogP contribution is -2.47. The van der Waals surface area contributed by atoms with Crippen LogP contribution >= 0.6 is 0 Å². The van der Waals surface area contributed by atoms with Crippen LogP contribution in [0.4, 0.5) is 0 Å². The molecular formula is C18H36NO2+. The number of rotatable bonds is 13. The predicted molar refractivity (Wildman–Crippen MR) is 90.0 cm³/mol. The van der Waals surface area contributed by atoms with E-state index in [1.54, 1.807) is 0 Å². The van der Waals surface area contributed by atoms with Gasteiger partial charge in [0.05, 0.1) is 21.1 Å². The van der Waals surface area contributed by atoms with E-state index in [0.717, 1.165) is 12.8 Å². The SMILES string of the molecule is C=CC(=O)OC(CCCCCCCCCCC)[N+](C)(C)C. The van der Waals surface area contributed by atoms with Crippen molar-refractivity contribution in [2.24, 2.45) is 0 Å². The van der Waals surface area contributed by atoms with Gasteiger partial charge in [-0.15, -0.1) is 0 Å². The van der Waals surface area contributed by atoms with Crippen molar-refractivity contribution in [2.45, 2.75) is 77.4 Å². The van der Waals surface area contributed by atoms with Gasteiger partial charge >= 0.3 is 5.97 Å². The van der Waals surface area contributed by atoms with E-state index >= 15 is 0 Å². The van der Waals surface area contributed by atoms with Crippen LogP contribution in [0.5, 0.6) is 0 Å². The average Bonchev–Trinajstić information content (AvgIpc) is 2.42. The van der Waals surface area contributed by atoms with Crippen molar-refractivity contribution in [1.29, 1.82) is 0 Å². The van der Waals surface area contributed by atoms with E-state index in [0.29, 0.717) is 4.48 Å². The maximum absolute atomic E-state index is 11.4. The van der Waals surface area contributed by atoms with Gasteiger partial charge in [-0.05, 0) is 6.42 Å². The van der Waals surface area contributed by atoms with Gasteiger partial charge in [0, 0.05) is 12.5 Å². The third-order valence-corrected chi connectivity index (χ3v) is 3.84. The third-order valence-electron chi connectivity index (χ3n) is 3.84. The first-order valence-electron chi connectivity index (χ1n) is 8.56. The van der Waals surface area contributed by atoms with E-state index in [4.69, 9.17) is 4.74 Å². The summed E-state index contributed by atoms with van der Waals surface area (Å²) in [4.78, 5) is 11.4. The van der Waals surface area contributed by atoms with Crippen LogP contribution in [-0.2, 0) is 9.53 Å². The summed E-state index contributed by atoms with van der Waals surface area (Å²) in [7, 11) is 6.19. The molecule has 0 aliphatic rings. The van der Waals surface area contributed by atoms with Crippen molar-refractivity contribution >= 4 is 5.97 Å². The number of carbonyl (C=O) groups is 1. The molecule has 0 aliphatic heterocycles. The molecule has 0 rings (SSSR count). The van der Waals surface area contributed by atoms with Gasteiger partial charge < -0.3 is 4.74 Å². The lowest BCUT2D eigenvalue weighted by Gasteiger charge is -2.32. The van der Waals surface area contributed by atoms with Gasteiger partial charge in [-0.3, -0.25) is 4.48 Å². The molecule has 0 aromatic carbocycles. The highest BCUT2D eigenvalue weighted by Gasteiger charge is 2.26. The molecule has 0 fully saturated rings. The number of quaternary nitrogens is 1. The van der Waals surface area contributed by atoms with Crippen LogP contribution in [-0.4, -0.2) is 37.8 Å². The second-order valence-corrected chi connectivity index (χ2v) is 6.83. The number of nitrogens with zero attached hydrogens (tertiary/aromatic N) is 1. The number of hydrogen-bond donors (Lipinski definition) is 0. The first kappa shape index (κ1) is 20.2. The molecule has 0 aromatic heterocycles. The predicted octanol–water partition coefficient (Wildman–Crippen LogP) is 4.67. The van der Waals surface area contributed by atoms with Crippen LogP contribution in [0.2, 0.25) is 0 Å². The Morgan fingerprint density at radius 1 is 1.00 bits per heavy atom. The van der Waals surface area contributed by atoms with Crippen molar-refractivity contribution in [3.05, 3.63) is 12.7 Å². The lowest BCUT2D eigenvalue weighted by atomic mass is 10.1. The number of ether oxygens (including phenoxy) is 1. The molecule has 0 N–H and O–H groups in total. The molecule has 1 atom stereocenters. The highest BCUT2D eigenvalue weighted by molar-refractivity contribution is 5.81. The molecule has 0 aliphatic carbocycles. The second kappa shape index (κ2) is 11.8. The van der Waals surface area contributed by atoms with Crippen molar-refractivity contribution in [3.63, 3.8) is 0 Å². The highest BCUT2D eigenvalue weighted by atomic mass is 16.6. The third kappa shape index (κ3) is 11.5. The van der Waals surface area contributed by atoms with E-state index in [1.165, 1.54) is 57.4 Å². The van der Waals surface area contributed by atoms with E-state index in [9.17, 15) is 4.79 Å². The van der Waals surface area contributed by atoms with Crippen molar-refractivity contribution in [2.75, 3.05) is 21.1 Å². The van der Waals surface area contributed by atoms with Crippen LogP contribution in [0.1, 0.15) is 71.1 Å². The molecular weight excluding hydrogens is 262 g/mol. The number of esters is 1. The van der Waals surface area contributed by atoms with Crippen LogP contribution in [0.3, 0.4) is 0 Å². The van der Waals surface area contributed by atoms with Gasteiger partial charge in [0.15, 0.2) is 0 Å². The van der Waals surface area contributed by atoms with Gasteiger partial charge in [-0.25, -0.2) is 4.79 Å². The topological polar surface area (TPSA) is 26.3 Å². The second-order valence-electron chi connectivity index (χ2n) is 6.83. The van der Waals surface area contributed by atoms with Crippen molar-refractivity contribution in [1.82, 2.24) is 0 Å². The summed E-state index contributed by atoms with van der Waals surface area (Å²) < 4.78 is 6.10. The zero-order valence-electron chi connectivity index (χ0n) is 14.7. The fraction of sp³-hybridized carbons (Fsp3) is 0.833. The Labute approximate surface area is 131 Å². The molecule has 0 bridgehead atoms. The summed E-state index contributed by atoms with van der Waals surface area (Å²) in [5.74, 6) is -0.316. The van der Waals surface area contributed by atoms with E-state index in [-0.39, 0.29) is 12.2 Å². The summed E-state index contributed by atoms with van der Waals surface area (Å²) in [5, 5.41) is 0. The molecule has 21 heavy (non-hydrogen) atoms. The summed E-state index contributed by atoms with van der Waals surface area (Å²) >= 11 is 0. The highest BCUT2D eigenvalue weighted by Crippen LogP contribution is 2.16. The number of hydrogen-bond acceptors (Lipinski definition) is 2. The minimum Gasteiger partial charge on any atom is -0.409 e. The minimum atomic E-state index is -0.316. The smallest absolute Gasteiger partial charge is 0.334 e. The molecule has 0 aromatic rings. The summed E-state index contributed by atoms with van der Waals surface area (Å²) in [6, 6.07) is 0. The van der Waals surface area contributed by atoms with Crippen LogP contribution < -0.4 is 0 Å². The molecule has 0 heterocycles. The van der Waals surface area contributed by atoms with Crippen LogP contribution in [0.25, 0.3) is 0 Å². The Balaban J connectivity index is 3.74. The first-order chi connectivity index (χ1) is 9.91. The summed E-state index contributed by atoms with van der Waals surface area (Å²) in [6.07, 6.45) is 13.9. The standard InChI is InChI=1S/C18H36NO2/c1-6-8-9-10-11-12-13-14-15-16-17(19(3,4)5)21-18(20)7-2/h7,17H,2,6,8-16H2,1,3-5H3/q+1. The average molecular weight is 298 g/mol. The summed E-state index contributed by atoms with van der Waals surface area (Å²) in [5.41, 5.74) is 0. The zero-order chi connectivity index (χ0) is 16.1. The fourth-order valence-corrected chi connectivity index (χ4v) is 2.42. The Bertz CT molecular complexity index is 281. The fourth-order valence-electron chi connectivity index (χ4n) is 2.42. The van der Waals surface area contributed by atoms with Crippen molar-refractivity contribution < 1.29 is 14.0 Å². The molecule has 0 saturated carbocycles. The largest absolute Gasteiger partial charge is 0.409 e. The Hall–Kier alpha value is -0.830. The first-order valence-corrected chi connectivity index (χ1v) is 8.56. The van der Waals surface area contributed by atoms with E-state index < -0.39 is 0 Å². The number of unbranched alkanes of at least 4 members (excludes halogenated alkanes) is 8. The Morgan fingerprint density at radius 3 is 1.90 bits per heavy atom. The Morgan fingerprint density at radius 2 is 1.48 bits per heavy atom. The molecule has 3 nitrogen and oxygen atoms in total. The molecule has 0 radical (unpaired) electrons. The van der Waals surface area contributed by atoms with Gasteiger partial charge in [0.1, 0.15) is 0 Å². The Kier molecular flexibility index (Phi) is 11.3.